The van der Waals surface area contributed by atoms with Crippen LogP contribution >= 0.6 is 0 Å². The van der Waals surface area contributed by atoms with Crippen LogP contribution in [-0.2, 0) is 15.9 Å². The van der Waals surface area contributed by atoms with E-state index in [9.17, 15) is 0 Å². The van der Waals surface area contributed by atoms with Gasteiger partial charge in [0.1, 0.15) is 12.2 Å². The van der Waals surface area contributed by atoms with Crippen LogP contribution in [0.4, 0.5) is 5.95 Å². The topological polar surface area (TPSA) is 68.3 Å². The molecule has 160 valence electrons. The quantitative estimate of drug-likeness (QED) is 0.549. The summed E-state index contributed by atoms with van der Waals surface area (Å²) in [5, 5.41) is 7.06. The summed E-state index contributed by atoms with van der Waals surface area (Å²) in [5.41, 5.74) is 3.35. The minimum absolute atomic E-state index is 0.00982. The number of anilines is 1. The van der Waals surface area contributed by atoms with E-state index in [-0.39, 0.29) is 24.3 Å². The van der Waals surface area contributed by atoms with Crippen molar-refractivity contribution in [2.45, 2.75) is 37.1 Å². The standard InChI is InChI=1S/C25H28N4O2/c1-3-8-18(9-4-1)10-7-14-26-21-16-30-24-22(17-31-23(21)24)29-25-27-15-13-20(28-25)19-11-5-2-6-12-19/h1-6,8-9,11-13,15,21-24,26H,7,10,14,16-17H2,(H,27,28,29). The van der Waals surface area contributed by atoms with Gasteiger partial charge in [0, 0.05) is 11.8 Å². The monoisotopic (exact) mass is 416 g/mol. The highest BCUT2D eigenvalue weighted by molar-refractivity contribution is 5.59. The molecule has 4 unspecified atom stereocenters. The van der Waals surface area contributed by atoms with E-state index in [2.05, 4.69) is 63.1 Å². The molecule has 31 heavy (non-hydrogen) atoms. The van der Waals surface area contributed by atoms with Gasteiger partial charge >= 0.3 is 0 Å². The van der Waals surface area contributed by atoms with E-state index in [1.165, 1.54) is 5.56 Å². The predicted molar refractivity (Wildman–Crippen MR) is 121 cm³/mol. The molecule has 0 spiro atoms. The second kappa shape index (κ2) is 9.56. The highest BCUT2D eigenvalue weighted by atomic mass is 16.6. The molecule has 3 aromatic rings. The largest absolute Gasteiger partial charge is 0.371 e. The number of hydrogen-bond donors (Lipinski definition) is 2. The maximum absolute atomic E-state index is 6.10. The summed E-state index contributed by atoms with van der Waals surface area (Å²) in [6.07, 6.45) is 4.04. The summed E-state index contributed by atoms with van der Waals surface area (Å²) < 4.78 is 12.2. The third-order valence-corrected chi connectivity index (χ3v) is 5.98. The first-order valence-corrected chi connectivity index (χ1v) is 11.0. The van der Waals surface area contributed by atoms with Crippen molar-refractivity contribution >= 4 is 5.95 Å². The smallest absolute Gasteiger partial charge is 0.223 e. The first-order chi connectivity index (χ1) is 15.4. The van der Waals surface area contributed by atoms with Crippen molar-refractivity contribution in [2.24, 2.45) is 0 Å². The molecule has 2 aliphatic heterocycles. The van der Waals surface area contributed by atoms with Gasteiger partial charge in [-0.1, -0.05) is 60.7 Å². The number of aryl methyl sites for hydroxylation is 1. The zero-order valence-corrected chi connectivity index (χ0v) is 17.5. The fourth-order valence-electron chi connectivity index (χ4n) is 4.39. The van der Waals surface area contributed by atoms with Gasteiger partial charge in [-0.15, -0.1) is 0 Å². The normalized spacial score (nSPS) is 24.8. The van der Waals surface area contributed by atoms with Gasteiger partial charge in [-0.05, 0) is 31.0 Å². The molecule has 2 aromatic carbocycles. The average molecular weight is 417 g/mol. The summed E-state index contributed by atoms with van der Waals surface area (Å²) in [5.74, 6) is 0.610. The van der Waals surface area contributed by atoms with Crippen LogP contribution in [0.5, 0.6) is 0 Å². The molecule has 2 fully saturated rings. The third-order valence-electron chi connectivity index (χ3n) is 5.98. The fourth-order valence-corrected chi connectivity index (χ4v) is 4.39. The highest BCUT2D eigenvalue weighted by Gasteiger charge is 2.47. The van der Waals surface area contributed by atoms with Crippen LogP contribution < -0.4 is 10.6 Å². The molecular formula is C25H28N4O2. The number of ether oxygens (including phenoxy) is 2. The molecule has 5 rings (SSSR count). The Hall–Kier alpha value is -2.80. The van der Waals surface area contributed by atoms with Gasteiger partial charge in [-0.2, -0.15) is 0 Å². The zero-order valence-electron chi connectivity index (χ0n) is 17.5. The van der Waals surface area contributed by atoms with Crippen molar-refractivity contribution < 1.29 is 9.47 Å². The molecule has 0 amide bonds. The number of hydrogen-bond acceptors (Lipinski definition) is 6. The number of nitrogens with one attached hydrogen (secondary N) is 2. The molecular weight excluding hydrogens is 388 g/mol. The maximum atomic E-state index is 6.10. The van der Waals surface area contributed by atoms with Crippen LogP contribution in [0.2, 0.25) is 0 Å². The lowest BCUT2D eigenvalue weighted by atomic mass is 10.1. The van der Waals surface area contributed by atoms with E-state index in [1.54, 1.807) is 6.20 Å². The Balaban J connectivity index is 1.14. The van der Waals surface area contributed by atoms with E-state index >= 15 is 0 Å². The van der Waals surface area contributed by atoms with Crippen LogP contribution in [0.1, 0.15) is 12.0 Å². The van der Waals surface area contributed by atoms with Gasteiger partial charge in [0.05, 0.1) is 31.0 Å². The Labute approximate surface area is 183 Å². The van der Waals surface area contributed by atoms with Crippen LogP contribution in [0.15, 0.2) is 72.9 Å². The lowest BCUT2D eigenvalue weighted by Gasteiger charge is -2.18. The first-order valence-electron chi connectivity index (χ1n) is 11.0. The van der Waals surface area contributed by atoms with Gasteiger partial charge in [0.2, 0.25) is 5.95 Å². The third kappa shape index (κ3) is 4.77. The van der Waals surface area contributed by atoms with Gasteiger partial charge in [-0.25, -0.2) is 9.97 Å². The molecule has 1 aromatic heterocycles. The second-order valence-electron chi connectivity index (χ2n) is 8.13. The minimum atomic E-state index is 0.00982. The molecule has 0 saturated carbocycles. The van der Waals surface area contributed by atoms with Crippen LogP contribution in [0, 0.1) is 0 Å². The molecule has 0 aliphatic carbocycles. The number of benzene rings is 2. The van der Waals surface area contributed by atoms with E-state index < -0.39 is 0 Å². The van der Waals surface area contributed by atoms with Crippen LogP contribution in [0.3, 0.4) is 0 Å². The average Bonchev–Trinajstić information content (AvgIpc) is 3.41. The van der Waals surface area contributed by atoms with Crippen LogP contribution in [-0.4, -0.2) is 54.0 Å². The molecule has 0 bridgehead atoms. The van der Waals surface area contributed by atoms with Crippen molar-refractivity contribution in [2.75, 3.05) is 25.1 Å². The number of fused-ring (bicyclic) bond motifs is 1. The summed E-state index contributed by atoms with van der Waals surface area (Å²) in [6, 6.07) is 22.9. The number of aromatic nitrogens is 2. The molecule has 4 atom stereocenters. The zero-order chi connectivity index (χ0) is 20.9. The van der Waals surface area contributed by atoms with Crippen molar-refractivity contribution in [3.8, 4) is 11.3 Å². The molecule has 2 N–H and O–H groups in total. The van der Waals surface area contributed by atoms with E-state index in [0.29, 0.717) is 19.2 Å². The van der Waals surface area contributed by atoms with E-state index in [0.717, 1.165) is 30.6 Å². The van der Waals surface area contributed by atoms with Gasteiger partial charge in [0.15, 0.2) is 0 Å². The lowest BCUT2D eigenvalue weighted by Crippen LogP contribution is -2.42. The summed E-state index contributed by atoms with van der Waals surface area (Å²) in [6.45, 7) is 2.22. The SMILES string of the molecule is c1ccc(CCCNC2COC3C(Nc4nccc(-c5ccccc5)n4)COC23)cc1. The molecule has 6 nitrogen and oxygen atoms in total. The summed E-state index contributed by atoms with van der Waals surface area (Å²) in [4.78, 5) is 9.08. The van der Waals surface area contributed by atoms with E-state index in [1.807, 2.05) is 24.3 Å². The predicted octanol–water partition coefficient (Wildman–Crippen LogP) is 3.31. The molecule has 2 aliphatic rings. The second-order valence-corrected chi connectivity index (χ2v) is 8.13. The lowest BCUT2D eigenvalue weighted by molar-refractivity contribution is 0.0676. The Morgan fingerprint density at radius 1 is 0.839 bits per heavy atom. The van der Waals surface area contributed by atoms with Crippen molar-refractivity contribution in [3.63, 3.8) is 0 Å². The Morgan fingerprint density at radius 2 is 1.55 bits per heavy atom. The number of rotatable bonds is 8. The van der Waals surface area contributed by atoms with E-state index in [4.69, 9.17) is 9.47 Å². The number of nitrogens with zero attached hydrogens (tertiary/aromatic N) is 2. The van der Waals surface area contributed by atoms with Gasteiger partial charge in [-0.3, -0.25) is 0 Å². The molecule has 0 radical (unpaired) electrons. The summed E-state index contributed by atoms with van der Waals surface area (Å²) >= 11 is 0. The fraction of sp³-hybridized carbons (Fsp3) is 0.360. The minimum Gasteiger partial charge on any atom is -0.371 e. The molecule has 6 heteroatoms. The Morgan fingerprint density at radius 3 is 2.35 bits per heavy atom. The Bertz CT molecular complexity index is 970. The van der Waals surface area contributed by atoms with Gasteiger partial charge in [0.25, 0.3) is 0 Å². The molecule has 3 heterocycles. The first kappa shape index (κ1) is 20.1. The molecule has 2 saturated heterocycles. The van der Waals surface area contributed by atoms with Crippen LogP contribution in [0.25, 0.3) is 11.3 Å². The van der Waals surface area contributed by atoms with Crippen molar-refractivity contribution in [1.29, 1.82) is 0 Å². The van der Waals surface area contributed by atoms with Crippen molar-refractivity contribution in [1.82, 2.24) is 15.3 Å². The Kier molecular flexibility index (Phi) is 6.20. The summed E-state index contributed by atoms with van der Waals surface area (Å²) in [7, 11) is 0. The highest BCUT2D eigenvalue weighted by Crippen LogP contribution is 2.29. The maximum Gasteiger partial charge on any atom is 0.223 e. The van der Waals surface area contributed by atoms with Crippen molar-refractivity contribution in [3.05, 3.63) is 78.5 Å². The van der Waals surface area contributed by atoms with Gasteiger partial charge < -0.3 is 20.1 Å².